The summed E-state index contributed by atoms with van der Waals surface area (Å²) >= 11 is 13.6. The largest absolute Gasteiger partial charge is 0.271 e. The molecule has 2 nitrogen and oxygen atoms in total. The molecule has 2 aromatic rings. The van der Waals surface area contributed by atoms with Crippen LogP contribution < -0.4 is 11.3 Å². The predicted octanol–water partition coefficient (Wildman–Crippen LogP) is 4.42. The highest BCUT2D eigenvalue weighted by Crippen LogP contribution is 2.36. The highest BCUT2D eigenvalue weighted by Gasteiger charge is 2.18. The van der Waals surface area contributed by atoms with Crippen LogP contribution in [0, 0.1) is 13.8 Å². The minimum Gasteiger partial charge on any atom is -0.271 e. The van der Waals surface area contributed by atoms with Crippen LogP contribution in [-0.2, 0) is 6.42 Å². The first-order chi connectivity index (χ1) is 9.02. The molecule has 5 heteroatoms. The van der Waals surface area contributed by atoms with Crippen LogP contribution in [0.25, 0.3) is 0 Å². The Hall–Kier alpha value is -0.580. The zero-order chi connectivity index (χ0) is 14.0. The Bertz CT molecular complexity index is 561. The molecule has 1 atom stereocenters. The predicted molar refractivity (Wildman–Crippen MR) is 84.0 cm³/mol. The van der Waals surface area contributed by atoms with Crippen LogP contribution in [0.5, 0.6) is 0 Å². The number of nitrogens with one attached hydrogen (secondary N) is 1. The first kappa shape index (κ1) is 14.8. The van der Waals surface area contributed by atoms with Crippen LogP contribution in [0.3, 0.4) is 0 Å². The molecule has 0 aliphatic carbocycles. The van der Waals surface area contributed by atoms with E-state index in [4.69, 9.17) is 29.0 Å². The van der Waals surface area contributed by atoms with E-state index in [2.05, 4.69) is 37.5 Å². The smallest absolute Gasteiger partial charge is 0.0992 e. The van der Waals surface area contributed by atoms with Crippen LogP contribution in [0.4, 0.5) is 0 Å². The summed E-state index contributed by atoms with van der Waals surface area (Å²) in [7, 11) is 0. The van der Waals surface area contributed by atoms with Crippen molar-refractivity contribution in [2.45, 2.75) is 26.3 Å². The van der Waals surface area contributed by atoms with Crippen molar-refractivity contribution in [3.05, 3.63) is 55.2 Å². The molecule has 0 aliphatic heterocycles. The fraction of sp³-hybridized carbons (Fsp3) is 0.286. The van der Waals surface area contributed by atoms with Gasteiger partial charge in [0.1, 0.15) is 0 Å². The summed E-state index contributed by atoms with van der Waals surface area (Å²) in [6, 6.07) is 8.13. The van der Waals surface area contributed by atoms with Gasteiger partial charge in [0, 0.05) is 5.56 Å². The Balaban J connectivity index is 2.32. The Morgan fingerprint density at radius 3 is 2.37 bits per heavy atom. The molecule has 0 saturated carbocycles. The van der Waals surface area contributed by atoms with Gasteiger partial charge in [-0.15, -0.1) is 11.3 Å². The highest BCUT2D eigenvalue weighted by atomic mass is 35.5. The molecule has 19 heavy (non-hydrogen) atoms. The number of halogens is 2. The standard InChI is InChI=1S/C14H16Cl2N2S/c1-8-4-3-5-9(2)10(8)6-12(18-17)11-7-13(15)19-14(11)16/h3-5,7,12,18H,6,17H2,1-2H3. The molecule has 3 N–H and O–H groups in total. The van der Waals surface area contributed by atoms with Crippen molar-refractivity contribution in [3.63, 3.8) is 0 Å². The average molecular weight is 315 g/mol. The molecule has 1 aromatic heterocycles. The van der Waals surface area contributed by atoms with Gasteiger partial charge in [0.2, 0.25) is 0 Å². The monoisotopic (exact) mass is 314 g/mol. The molecular weight excluding hydrogens is 299 g/mol. The second-order valence-electron chi connectivity index (χ2n) is 4.57. The van der Waals surface area contributed by atoms with E-state index in [9.17, 15) is 0 Å². The molecule has 0 bridgehead atoms. The van der Waals surface area contributed by atoms with E-state index in [0.29, 0.717) is 8.67 Å². The third-order valence-electron chi connectivity index (χ3n) is 3.31. The molecule has 0 radical (unpaired) electrons. The van der Waals surface area contributed by atoms with Crippen molar-refractivity contribution in [2.24, 2.45) is 5.84 Å². The minimum absolute atomic E-state index is 0.0314. The van der Waals surface area contributed by atoms with Gasteiger partial charge in [-0.05, 0) is 43.0 Å². The van der Waals surface area contributed by atoms with Crippen molar-refractivity contribution < 1.29 is 0 Å². The van der Waals surface area contributed by atoms with Crippen molar-refractivity contribution in [1.82, 2.24) is 5.43 Å². The number of thiophene rings is 1. The average Bonchev–Trinajstić information content (AvgIpc) is 2.68. The van der Waals surface area contributed by atoms with Gasteiger partial charge in [-0.3, -0.25) is 11.3 Å². The first-order valence-corrected chi connectivity index (χ1v) is 7.56. The van der Waals surface area contributed by atoms with Crippen LogP contribution >= 0.6 is 34.5 Å². The fourth-order valence-corrected chi connectivity index (χ4v) is 3.80. The van der Waals surface area contributed by atoms with Gasteiger partial charge < -0.3 is 0 Å². The Labute approximate surface area is 127 Å². The van der Waals surface area contributed by atoms with E-state index in [-0.39, 0.29) is 6.04 Å². The lowest BCUT2D eigenvalue weighted by Crippen LogP contribution is -2.29. The van der Waals surface area contributed by atoms with Crippen molar-refractivity contribution in [3.8, 4) is 0 Å². The van der Waals surface area contributed by atoms with E-state index in [0.717, 1.165) is 12.0 Å². The zero-order valence-corrected chi connectivity index (χ0v) is 13.2. The Kier molecular flexibility index (Phi) is 4.87. The second kappa shape index (κ2) is 6.25. The molecule has 0 fully saturated rings. The third-order valence-corrected chi connectivity index (χ3v) is 4.83. The molecule has 1 aromatic carbocycles. The molecule has 102 valence electrons. The normalized spacial score (nSPS) is 12.7. The number of nitrogens with two attached hydrogens (primary N) is 1. The molecule has 0 saturated heterocycles. The van der Waals surface area contributed by atoms with Crippen LogP contribution in [0.15, 0.2) is 24.3 Å². The van der Waals surface area contributed by atoms with Crippen molar-refractivity contribution in [2.75, 3.05) is 0 Å². The maximum absolute atomic E-state index is 6.20. The lowest BCUT2D eigenvalue weighted by molar-refractivity contribution is 0.551. The maximum Gasteiger partial charge on any atom is 0.0992 e. The van der Waals surface area contributed by atoms with Crippen molar-refractivity contribution in [1.29, 1.82) is 0 Å². The number of hydrazine groups is 1. The van der Waals surface area contributed by atoms with Crippen LogP contribution in [-0.4, -0.2) is 0 Å². The Morgan fingerprint density at radius 1 is 1.26 bits per heavy atom. The maximum atomic E-state index is 6.20. The van der Waals surface area contributed by atoms with Crippen molar-refractivity contribution >= 4 is 34.5 Å². The molecule has 0 spiro atoms. The van der Waals surface area contributed by atoms with Gasteiger partial charge in [-0.2, -0.15) is 0 Å². The zero-order valence-electron chi connectivity index (χ0n) is 10.8. The van der Waals surface area contributed by atoms with E-state index >= 15 is 0 Å². The van der Waals surface area contributed by atoms with Gasteiger partial charge in [0.25, 0.3) is 0 Å². The number of aryl methyl sites for hydroxylation is 2. The summed E-state index contributed by atoms with van der Waals surface area (Å²) in [4.78, 5) is 0. The summed E-state index contributed by atoms with van der Waals surface area (Å²) in [5.74, 6) is 5.68. The summed E-state index contributed by atoms with van der Waals surface area (Å²) < 4.78 is 1.38. The highest BCUT2D eigenvalue weighted by molar-refractivity contribution is 7.20. The lowest BCUT2D eigenvalue weighted by atomic mass is 9.94. The molecule has 1 heterocycles. The molecule has 1 unspecified atom stereocenters. The third kappa shape index (κ3) is 3.30. The summed E-state index contributed by atoms with van der Waals surface area (Å²) in [5, 5.41) is 0. The van der Waals surface area contributed by atoms with E-state index < -0.39 is 0 Å². The summed E-state index contributed by atoms with van der Waals surface area (Å²) in [5.41, 5.74) is 7.62. The van der Waals surface area contributed by atoms with Gasteiger partial charge in [-0.25, -0.2) is 0 Å². The SMILES string of the molecule is Cc1cccc(C)c1CC(NN)c1cc(Cl)sc1Cl. The van der Waals surface area contributed by atoms with E-state index in [1.165, 1.54) is 28.0 Å². The second-order valence-corrected chi connectivity index (χ2v) is 6.86. The fourth-order valence-electron chi connectivity index (χ4n) is 2.22. The minimum atomic E-state index is -0.0314. The van der Waals surface area contributed by atoms with Crippen LogP contribution in [0.2, 0.25) is 8.67 Å². The van der Waals surface area contributed by atoms with Gasteiger partial charge in [0.15, 0.2) is 0 Å². The number of hydrogen-bond acceptors (Lipinski definition) is 3. The van der Waals surface area contributed by atoms with E-state index in [1.807, 2.05) is 6.07 Å². The molecule has 0 amide bonds. The molecule has 0 aliphatic rings. The topological polar surface area (TPSA) is 38.0 Å². The number of rotatable bonds is 4. The van der Waals surface area contributed by atoms with Gasteiger partial charge in [-0.1, -0.05) is 41.4 Å². The molecular formula is C14H16Cl2N2S. The Morgan fingerprint density at radius 2 is 1.89 bits per heavy atom. The number of benzene rings is 1. The summed E-state index contributed by atoms with van der Waals surface area (Å²) in [6.07, 6.45) is 0.793. The molecule has 2 rings (SSSR count). The first-order valence-electron chi connectivity index (χ1n) is 5.99. The summed E-state index contributed by atoms with van der Waals surface area (Å²) in [6.45, 7) is 4.22. The van der Waals surface area contributed by atoms with Crippen LogP contribution in [0.1, 0.15) is 28.3 Å². The van der Waals surface area contributed by atoms with Gasteiger partial charge >= 0.3 is 0 Å². The van der Waals surface area contributed by atoms with E-state index in [1.54, 1.807) is 0 Å². The quantitative estimate of drug-likeness (QED) is 0.647. The number of hydrogen-bond donors (Lipinski definition) is 2. The lowest BCUT2D eigenvalue weighted by Gasteiger charge is -2.18. The van der Waals surface area contributed by atoms with Gasteiger partial charge in [0.05, 0.1) is 14.7 Å².